The lowest BCUT2D eigenvalue weighted by atomic mass is 10.2. The predicted molar refractivity (Wildman–Crippen MR) is 62.4 cm³/mol. The molecule has 0 atom stereocenters. The molecule has 5 nitrogen and oxygen atoms in total. The molecule has 3 N–H and O–H groups in total. The van der Waals surface area contributed by atoms with Crippen LogP contribution in [0.5, 0.6) is 5.75 Å². The van der Waals surface area contributed by atoms with Gasteiger partial charge in [0.25, 0.3) is 0 Å². The number of hydrogen-bond acceptors (Lipinski definition) is 3. The summed E-state index contributed by atoms with van der Waals surface area (Å²) >= 11 is 0. The van der Waals surface area contributed by atoms with Crippen LogP contribution in [0.4, 0.5) is 4.39 Å². The summed E-state index contributed by atoms with van der Waals surface area (Å²) in [5.41, 5.74) is 5.31. The minimum absolute atomic E-state index is 0.000108. The normalized spacial score (nSPS) is 10.5. The van der Waals surface area contributed by atoms with E-state index in [0.717, 1.165) is 12.1 Å². The molecule has 96 valence electrons. The molecule has 6 heteroatoms. The number of benzene rings is 1. The van der Waals surface area contributed by atoms with E-state index in [4.69, 9.17) is 15.6 Å². The molecule has 18 heavy (non-hydrogen) atoms. The molecule has 0 heterocycles. The number of primary amides is 1. The minimum Gasteiger partial charge on any atom is -0.490 e. The summed E-state index contributed by atoms with van der Waals surface area (Å²) < 4.78 is 18.5. The van der Waals surface area contributed by atoms with Crippen LogP contribution in [0.2, 0.25) is 0 Å². The van der Waals surface area contributed by atoms with Gasteiger partial charge in [0.1, 0.15) is 0 Å². The Kier molecular flexibility index (Phi) is 4.86. The largest absolute Gasteiger partial charge is 0.490 e. The van der Waals surface area contributed by atoms with Crippen LogP contribution in [0, 0.1) is 5.82 Å². The molecule has 0 fully saturated rings. The molecule has 0 unspecified atom stereocenters. The number of carboxylic acids is 1. The van der Waals surface area contributed by atoms with Crippen molar-refractivity contribution in [2.24, 2.45) is 5.73 Å². The molecule has 1 aromatic carbocycles. The van der Waals surface area contributed by atoms with E-state index in [1.807, 2.05) is 0 Å². The van der Waals surface area contributed by atoms with Crippen LogP contribution in [0.25, 0.3) is 6.08 Å². The van der Waals surface area contributed by atoms with E-state index in [9.17, 15) is 14.0 Å². The first-order valence-corrected chi connectivity index (χ1v) is 5.10. The van der Waals surface area contributed by atoms with E-state index in [0.29, 0.717) is 5.56 Å². The topological polar surface area (TPSA) is 89.6 Å². The minimum atomic E-state index is -1.11. The molecule has 0 aliphatic heterocycles. The number of aliphatic carboxylic acids is 1. The lowest BCUT2D eigenvalue weighted by molar-refractivity contribution is -0.131. The molecular formula is C12H12FNO4. The summed E-state index contributed by atoms with van der Waals surface area (Å²) in [4.78, 5) is 20.7. The van der Waals surface area contributed by atoms with Crippen molar-refractivity contribution in [2.45, 2.75) is 6.42 Å². The molecule has 0 saturated carbocycles. The molecule has 1 aromatic rings. The van der Waals surface area contributed by atoms with Crippen molar-refractivity contribution in [3.63, 3.8) is 0 Å². The van der Waals surface area contributed by atoms with Crippen LogP contribution in [0.1, 0.15) is 12.0 Å². The van der Waals surface area contributed by atoms with Crippen molar-refractivity contribution in [2.75, 3.05) is 6.61 Å². The van der Waals surface area contributed by atoms with Gasteiger partial charge in [0, 0.05) is 6.08 Å². The summed E-state index contributed by atoms with van der Waals surface area (Å²) in [6, 6.07) is 4.00. The first kappa shape index (κ1) is 13.7. The van der Waals surface area contributed by atoms with Gasteiger partial charge in [-0.2, -0.15) is 0 Å². The fourth-order valence-corrected chi connectivity index (χ4v) is 1.17. The van der Waals surface area contributed by atoms with Gasteiger partial charge in [-0.1, -0.05) is 6.07 Å². The van der Waals surface area contributed by atoms with E-state index in [1.54, 1.807) is 0 Å². The van der Waals surface area contributed by atoms with E-state index < -0.39 is 17.7 Å². The lowest BCUT2D eigenvalue weighted by Gasteiger charge is -2.06. The summed E-state index contributed by atoms with van der Waals surface area (Å²) in [7, 11) is 0. The van der Waals surface area contributed by atoms with Gasteiger partial charge in [0.05, 0.1) is 13.0 Å². The van der Waals surface area contributed by atoms with Gasteiger partial charge in [-0.15, -0.1) is 0 Å². The maximum absolute atomic E-state index is 13.5. The number of carbonyl (C=O) groups excluding carboxylic acids is 1. The molecular weight excluding hydrogens is 241 g/mol. The molecule has 0 spiro atoms. The highest BCUT2D eigenvalue weighted by Crippen LogP contribution is 2.19. The number of halogens is 1. The number of rotatable bonds is 6. The van der Waals surface area contributed by atoms with E-state index in [2.05, 4.69) is 0 Å². The van der Waals surface area contributed by atoms with Crippen molar-refractivity contribution in [1.29, 1.82) is 0 Å². The van der Waals surface area contributed by atoms with E-state index in [-0.39, 0.29) is 18.8 Å². The highest BCUT2D eigenvalue weighted by Gasteiger charge is 2.04. The zero-order chi connectivity index (χ0) is 13.5. The van der Waals surface area contributed by atoms with Crippen LogP contribution >= 0.6 is 0 Å². The van der Waals surface area contributed by atoms with Gasteiger partial charge in [0.2, 0.25) is 5.91 Å². The summed E-state index contributed by atoms with van der Waals surface area (Å²) in [6.07, 6.45) is 2.17. The van der Waals surface area contributed by atoms with Crippen molar-refractivity contribution >= 4 is 18.0 Å². The van der Waals surface area contributed by atoms with Gasteiger partial charge in [0.15, 0.2) is 11.6 Å². The van der Waals surface area contributed by atoms with Gasteiger partial charge < -0.3 is 15.6 Å². The summed E-state index contributed by atoms with van der Waals surface area (Å²) in [6.45, 7) is -0.00341. The van der Waals surface area contributed by atoms with Gasteiger partial charge >= 0.3 is 5.97 Å². The standard InChI is InChI=1S/C12H12FNO4/c13-9-7-8(2-4-12(16)17)1-3-10(9)18-6-5-11(14)15/h1-4,7H,5-6H2,(H2,14,15)(H,16,17)/b4-2+. The predicted octanol–water partition coefficient (Wildman–Crippen LogP) is 1.18. The number of carboxylic acid groups (broad SMARTS) is 1. The highest BCUT2D eigenvalue weighted by molar-refractivity contribution is 5.85. The third kappa shape index (κ3) is 4.65. The second-order valence-corrected chi connectivity index (χ2v) is 3.43. The number of ether oxygens (including phenoxy) is 1. The fourth-order valence-electron chi connectivity index (χ4n) is 1.17. The van der Waals surface area contributed by atoms with Gasteiger partial charge in [-0.3, -0.25) is 4.79 Å². The zero-order valence-electron chi connectivity index (χ0n) is 9.43. The number of carbonyl (C=O) groups is 2. The van der Waals surface area contributed by atoms with Crippen molar-refractivity contribution < 1.29 is 23.8 Å². The maximum atomic E-state index is 13.5. The Morgan fingerprint density at radius 3 is 2.72 bits per heavy atom. The smallest absolute Gasteiger partial charge is 0.328 e. The van der Waals surface area contributed by atoms with Crippen molar-refractivity contribution in [3.05, 3.63) is 35.7 Å². The average Bonchev–Trinajstić information content (AvgIpc) is 2.28. The van der Waals surface area contributed by atoms with Crippen LogP contribution in [0.15, 0.2) is 24.3 Å². The third-order valence-electron chi connectivity index (χ3n) is 1.98. The van der Waals surface area contributed by atoms with Gasteiger partial charge in [-0.25, -0.2) is 9.18 Å². The lowest BCUT2D eigenvalue weighted by Crippen LogP contribution is -2.14. The van der Waals surface area contributed by atoms with Gasteiger partial charge in [-0.05, 0) is 23.8 Å². The molecule has 0 aliphatic rings. The van der Waals surface area contributed by atoms with Crippen LogP contribution in [0.3, 0.4) is 0 Å². The monoisotopic (exact) mass is 253 g/mol. The second kappa shape index (κ2) is 6.39. The molecule has 0 radical (unpaired) electrons. The molecule has 0 saturated heterocycles. The Morgan fingerprint density at radius 1 is 1.44 bits per heavy atom. The molecule has 0 aliphatic carbocycles. The molecule has 0 aromatic heterocycles. The van der Waals surface area contributed by atoms with E-state index in [1.165, 1.54) is 18.2 Å². The van der Waals surface area contributed by atoms with Crippen molar-refractivity contribution in [3.8, 4) is 5.75 Å². The second-order valence-electron chi connectivity index (χ2n) is 3.43. The van der Waals surface area contributed by atoms with E-state index >= 15 is 0 Å². The Labute approximate surface area is 103 Å². The number of nitrogens with two attached hydrogens (primary N) is 1. The molecule has 1 rings (SSSR count). The number of amides is 1. The Bertz CT molecular complexity index is 485. The Balaban J connectivity index is 2.67. The average molecular weight is 253 g/mol. The SMILES string of the molecule is NC(=O)CCOc1ccc(/C=C/C(=O)O)cc1F. The first-order valence-electron chi connectivity index (χ1n) is 5.10. The zero-order valence-corrected chi connectivity index (χ0v) is 9.43. The number of hydrogen-bond donors (Lipinski definition) is 2. The highest BCUT2D eigenvalue weighted by atomic mass is 19.1. The van der Waals surface area contributed by atoms with Crippen LogP contribution < -0.4 is 10.5 Å². The first-order chi connectivity index (χ1) is 8.49. The third-order valence-corrected chi connectivity index (χ3v) is 1.98. The quantitative estimate of drug-likeness (QED) is 0.745. The fraction of sp³-hybridized carbons (Fsp3) is 0.167. The Morgan fingerprint density at radius 2 is 2.17 bits per heavy atom. The van der Waals surface area contributed by atoms with Crippen molar-refractivity contribution in [1.82, 2.24) is 0 Å². The maximum Gasteiger partial charge on any atom is 0.328 e. The molecule has 0 bridgehead atoms. The Hall–Kier alpha value is -2.37. The summed E-state index contributed by atoms with van der Waals surface area (Å²) in [5, 5.41) is 8.42. The summed E-state index contributed by atoms with van der Waals surface area (Å²) in [5.74, 6) is -2.29. The van der Waals surface area contributed by atoms with Crippen LogP contribution in [-0.4, -0.2) is 23.6 Å². The molecule has 1 amide bonds. The van der Waals surface area contributed by atoms with Crippen LogP contribution in [-0.2, 0) is 9.59 Å².